The average Bonchev–Trinajstić information content (AvgIpc) is 3.45. The molecule has 2 aliphatic rings. The highest BCUT2D eigenvalue weighted by Crippen LogP contribution is 2.35. The molecule has 1 aromatic heterocycles. The Morgan fingerprint density at radius 3 is 3.00 bits per heavy atom. The summed E-state index contributed by atoms with van der Waals surface area (Å²) in [4.78, 5) is 36.8. The van der Waals surface area contributed by atoms with E-state index in [1.165, 1.54) is 24.5 Å². The number of hydrogen-bond acceptors (Lipinski definition) is 10. The summed E-state index contributed by atoms with van der Waals surface area (Å²) >= 11 is 1.44. The number of alkyl carbamates (subject to hydrolysis) is 1. The number of carbonyl (C=O) groups excluding carboxylic acids is 2. The molecule has 0 radical (unpaired) electrons. The van der Waals surface area contributed by atoms with E-state index in [0.29, 0.717) is 24.4 Å². The van der Waals surface area contributed by atoms with E-state index >= 15 is 0 Å². The second-order valence-electron chi connectivity index (χ2n) is 6.81. The number of aromatic nitrogens is 1. The molecule has 172 valence electrons. The zero-order chi connectivity index (χ0) is 23.1. The highest BCUT2D eigenvalue weighted by atomic mass is 32.1. The van der Waals surface area contributed by atoms with E-state index in [0.717, 1.165) is 16.9 Å². The van der Waals surface area contributed by atoms with Crippen molar-refractivity contribution in [1.29, 1.82) is 0 Å². The topological polar surface area (TPSA) is 132 Å². The Bertz CT molecular complexity index is 961. The van der Waals surface area contributed by atoms with Crippen molar-refractivity contribution in [3.63, 3.8) is 0 Å². The van der Waals surface area contributed by atoms with Crippen LogP contribution in [0.25, 0.3) is 0 Å². The third-order valence-corrected chi connectivity index (χ3v) is 5.49. The summed E-state index contributed by atoms with van der Waals surface area (Å²) in [5.74, 6) is 0.0248. The minimum absolute atomic E-state index is 0.0744. The Kier molecular flexibility index (Phi) is 7.87. The van der Waals surface area contributed by atoms with Gasteiger partial charge in [-0.25, -0.2) is 14.8 Å². The van der Waals surface area contributed by atoms with Gasteiger partial charge in [0, 0.05) is 47.2 Å². The van der Waals surface area contributed by atoms with E-state index in [2.05, 4.69) is 25.0 Å². The fourth-order valence-electron chi connectivity index (χ4n) is 3.28. The lowest BCUT2D eigenvalue weighted by Crippen LogP contribution is -2.34. The summed E-state index contributed by atoms with van der Waals surface area (Å²) in [5, 5.41) is 4.89. The predicted molar refractivity (Wildman–Crippen MR) is 113 cm³/mol. The number of aliphatic imine (C=N–C) groups is 2. The summed E-state index contributed by atoms with van der Waals surface area (Å²) in [5.41, 5.74) is 7.97. The largest absolute Gasteiger partial charge is 0.468 e. The predicted octanol–water partition coefficient (Wildman–Crippen LogP) is 1.51. The molecule has 0 aromatic carbocycles. The number of nitrogens with zero attached hydrogens (tertiary/aromatic N) is 4. The van der Waals surface area contributed by atoms with Crippen molar-refractivity contribution in [2.45, 2.75) is 13.0 Å². The number of nitrogens with two attached hydrogens (primary N) is 1. The Balaban J connectivity index is 1.73. The van der Waals surface area contributed by atoms with Crippen molar-refractivity contribution in [3.8, 4) is 0 Å². The van der Waals surface area contributed by atoms with E-state index in [1.54, 1.807) is 6.20 Å². The van der Waals surface area contributed by atoms with Crippen LogP contribution in [-0.2, 0) is 14.3 Å². The molecule has 13 heteroatoms. The molecule has 3 N–H and O–H groups in total. The van der Waals surface area contributed by atoms with Crippen LogP contribution in [0.15, 0.2) is 44.6 Å². The molecule has 32 heavy (non-hydrogen) atoms. The van der Waals surface area contributed by atoms with Crippen molar-refractivity contribution >= 4 is 35.4 Å². The van der Waals surface area contributed by atoms with Gasteiger partial charge >= 0.3 is 18.6 Å². The molecular weight excluding hydrogens is 446 g/mol. The maximum atomic E-state index is 12.3. The summed E-state index contributed by atoms with van der Waals surface area (Å²) in [6.45, 7) is -2.24. The van der Waals surface area contributed by atoms with E-state index in [4.69, 9.17) is 10.5 Å². The molecule has 2 aliphatic heterocycles. The Morgan fingerprint density at radius 1 is 1.50 bits per heavy atom. The molecule has 1 unspecified atom stereocenters. The number of amidine groups is 1. The first-order chi connectivity index (χ1) is 15.4. The van der Waals surface area contributed by atoms with Crippen molar-refractivity contribution in [2.24, 2.45) is 21.6 Å². The van der Waals surface area contributed by atoms with Crippen LogP contribution in [0.1, 0.15) is 11.4 Å². The quantitative estimate of drug-likeness (QED) is 0.336. The Hall–Kier alpha value is -3.35. The molecule has 1 fully saturated rings. The molecule has 1 atom stereocenters. The van der Waals surface area contributed by atoms with E-state index in [9.17, 15) is 18.4 Å². The van der Waals surface area contributed by atoms with Crippen LogP contribution in [0.5, 0.6) is 0 Å². The molecule has 1 amide bonds. The maximum Gasteiger partial charge on any atom is 0.407 e. The van der Waals surface area contributed by atoms with Gasteiger partial charge in [-0.1, -0.05) is 0 Å². The lowest BCUT2D eigenvalue weighted by molar-refractivity contribution is -0.139. The van der Waals surface area contributed by atoms with E-state index in [-0.39, 0.29) is 31.3 Å². The zero-order valence-electron chi connectivity index (χ0n) is 17.2. The normalized spacial score (nSPS) is 18.8. The number of rotatable bonds is 8. The van der Waals surface area contributed by atoms with E-state index < -0.39 is 18.6 Å². The summed E-state index contributed by atoms with van der Waals surface area (Å²) in [7, 11) is 1.22. The third kappa shape index (κ3) is 5.87. The molecule has 0 spiro atoms. The molecular formula is C19H22F2N6O4S. The highest BCUT2D eigenvalue weighted by Gasteiger charge is 2.36. The van der Waals surface area contributed by atoms with Gasteiger partial charge in [0.2, 0.25) is 0 Å². The van der Waals surface area contributed by atoms with Gasteiger partial charge < -0.3 is 25.4 Å². The van der Waals surface area contributed by atoms with Gasteiger partial charge in [-0.3, -0.25) is 9.79 Å². The standard InChI is InChI=1S/C19H22F2N6O4S/c1-30-15(28)8-26-19(29)31-10-11-6-14-12(13(22)2-3-24-18(20)21)7-25-16(27(14)9-11)17-23-4-5-32-17/h2-5,11,18H,6-10,22H2,1H3,(H,26,29). The number of amides is 1. The molecule has 0 aliphatic carbocycles. The summed E-state index contributed by atoms with van der Waals surface area (Å²) in [6.07, 6.45) is 3.77. The molecule has 1 saturated heterocycles. The second kappa shape index (κ2) is 10.8. The van der Waals surface area contributed by atoms with Gasteiger partial charge in [0.05, 0.1) is 20.3 Å². The first kappa shape index (κ1) is 23.3. The smallest absolute Gasteiger partial charge is 0.407 e. The molecule has 0 bridgehead atoms. The SMILES string of the molecule is COC(=O)CNC(=O)OCC1CC2=C(C(N)=CC=NC(F)F)CN=C(c3nccs3)N2C1. The van der Waals surface area contributed by atoms with Crippen LogP contribution in [0.4, 0.5) is 13.6 Å². The number of halogens is 2. The van der Waals surface area contributed by atoms with E-state index in [1.807, 2.05) is 10.3 Å². The molecule has 1 aromatic rings. The number of nitrogens with one attached hydrogen (secondary N) is 1. The van der Waals surface area contributed by atoms with Crippen LogP contribution in [0.2, 0.25) is 0 Å². The summed E-state index contributed by atoms with van der Waals surface area (Å²) < 4.78 is 34.3. The average molecular weight is 468 g/mol. The molecule has 3 rings (SSSR count). The van der Waals surface area contributed by atoms with Crippen molar-refractivity contribution in [1.82, 2.24) is 15.2 Å². The number of hydrogen-bond donors (Lipinski definition) is 2. The van der Waals surface area contributed by atoms with Gasteiger partial charge in [-0.15, -0.1) is 11.3 Å². The molecule has 0 saturated carbocycles. The van der Waals surface area contributed by atoms with Crippen LogP contribution in [0.3, 0.4) is 0 Å². The summed E-state index contributed by atoms with van der Waals surface area (Å²) in [6, 6.07) is 0. The zero-order valence-corrected chi connectivity index (χ0v) is 18.0. The van der Waals surface area contributed by atoms with Crippen molar-refractivity contribution in [3.05, 3.63) is 39.6 Å². The number of ether oxygens (including phenoxy) is 2. The van der Waals surface area contributed by atoms with Gasteiger partial charge in [0.1, 0.15) is 6.54 Å². The first-order valence-electron chi connectivity index (χ1n) is 9.57. The monoisotopic (exact) mass is 468 g/mol. The minimum Gasteiger partial charge on any atom is -0.468 e. The fraction of sp³-hybridized carbons (Fsp3) is 0.421. The highest BCUT2D eigenvalue weighted by molar-refractivity contribution is 7.11. The molecule has 3 heterocycles. The Labute approximate surface area is 186 Å². The van der Waals surface area contributed by atoms with Crippen LogP contribution in [-0.4, -0.2) is 73.9 Å². The maximum absolute atomic E-state index is 12.3. The number of fused-ring (bicyclic) bond motifs is 1. The van der Waals surface area contributed by atoms with Crippen LogP contribution < -0.4 is 11.1 Å². The lowest BCUT2D eigenvalue weighted by Gasteiger charge is -2.27. The number of thiazole rings is 1. The Morgan fingerprint density at radius 2 is 2.31 bits per heavy atom. The van der Waals surface area contributed by atoms with Crippen LogP contribution in [0, 0.1) is 5.92 Å². The number of esters is 1. The fourth-order valence-corrected chi connectivity index (χ4v) is 3.94. The first-order valence-corrected chi connectivity index (χ1v) is 10.5. The second-order valence-corrected chi connectivity index (χ2v) is 7.70. The number of alkyl halides is 2. The number of allylic oxidation sites excluding steroid dienone is 2. The van der Waals surface area contributed by atoms with Crippen molar-refractivity contribution in [2.75, 3.05) is 33.4 Å². The van der Waals surface area contributed by atoms with Gasteiger partial charge in [0.15, 0.2) is 10.8 Å². The van der Waals surface area contributed by atoms with Gasteiger partial charge in [-0.2, -0.15) is 8.78 Å². The minimum atomic E-state index is -2.81. The van der Waals surface area contributed by atoms with Gasteiger partial charge in [0.25, 0.3) is 0 Å². The van der Waals surface area contributed by atoms with Crippen molar-refractivity contribution < 1.29 is 27.8 Å². The molecule has 10 nitrogen and oxygen atoms in total. The number of methoxy groups -OCH3 is 1. The number of carbonyl (C=O) groups is 2. The lowest BCUT2D eigenvalue weighted by atomic mass is 10.0. The third-order valence-electron chi connectivity index (χ3n) is 4.72. The van der Waals surface area contributed by atoms with Gasteiger partial charge in [-0.05, 0) is 12.5 Å². The van der Waals surface area contributed by atoms with Crippen LogP contribution >= 0.6 is 11.3 Å².